The van der Waals surface area contributed by atoms with Gasteiger partial charge in [0.25, 0.3) is 0 Å². The highest BCUT2D eigenvalue weighted by Gasteiger charge is 2.03. The maximum absolute atomic E-state index is 10.8. The molecule has 0 aliphatic heterocycles. The molecule has 5 heteroatoms. The average Bonchev–Trinajstić information content (AvgIpc) is 2.10. The summed E-state index contributed by atoms with van der Waals surface area (Å²) in [6.07, 6.45) is 0.987. The van der Waals surface area contributed by atoms with Crippen molar-refractivity contribution in [3.63, 3.8) is 0 Å². The average molecular weight is 174 g/mol. The maximum atomic E-state index is 10.8. The lowest BCUT2D eigenvalue weighted by Crippen LogP contribution is -2.30. The number of nitrogens with two attached hydrogens (primary N) is 1. The predicted molar refractivity (Wildman–Crippen MR) is 43.3 cm³/mol. The van der Waals surface area contributed by atoms with Crippen molar-refractivity contribution < 1.29 is 14.3 Å². The molecule has 0 bridgehead atoms. The van der Waals surface area contributed by atoms with Crippen molar-refractivity contribution in [3.8, 4) is 0 Å². The molecule has 1 amide bonds. The molecule has 3 N–H and O–H groups in total. The van der Waals surface area contributed by atoms with Crippen LogP contribution in [0, 0.1) is 0 Å². The van der Waals surface area contributed by atoms with Crippen LogP contribution in [0.3, 0.4) is 0 Å². The van der Waals surface area contributed by atoms with E-state index in [1.165, 1.54) is 7.11 Å². The fourth-order valence-corrected chi connectivity index (χ4v) is 0.594. The molecule has 12 heavy (non-hydrogen) atoms. The van der Waals surface area contributed by atoms with Crippen LogP contribution < -0.4 is 11.1 Å². The van der Waals surface area contributed by atoms with Crippen LogP contribution in [-0.2, 0) is 14.3 Å². The van der Waals surface area contributed by atoms with Crippen molar-refractivity contribution in [3.05, 3.63) is 0 Å². The lowest BCUT2D eigenvalue weighted by molar-refractivity contribution is -0.141. The highest BCUT2D eigenvalue weighted by Crippen LogP contribution is 1.84. The van der Waals surface area contributed by atoms with Gasteiger partial charge in [-0.25, -0.2) is 0 Å². The molecule has 0 unspecified atom stereocenters. The van der Waals surface area contributed by atoms with Gasteiger partial charge in [0.05, 0.1) is 7.11 Å². The van der Waals surface area contributed by atoms with E-state index >= 15 is 0 Å². The number of carbonyl (C=O) groups is 2. The largest absolute Gasteiger partial charge is 0.468 e. The van der Waals surface area contributed by atoms with Gasteiger partial charge in [-0.1, -0.05) is 0 Å². The Hall–Kier alpha value is -1.10. The Morgan fingerprint density at radius 3 is 2.67 bits per heavy atom. The van der Waals surface area contributed by atoms with Crippen molar-refractivity contribution in [2.45, 2.75) is 12.8 Å². The lowest BCUT2D eigenvalue weighted by atomic mass is 10.3. The smallest absolute Gasteiger partial charge is 0.325 e. The van der Waals surface area contributed by atoms with E-state index in [1.807, 2.05) is 0 Å². The summed E-state index contributed by atoms with van der Waals surface area (Å²) in [7, 11) is 1.27. The van der Waals surface area contributed by atoms with Gasteiger partial charge in [-0.15, -0.1) is 0 Å². The van der Waals surface area contributed by atoms with Gasteiger partial charge in [0.2, 0.25) is 5.91 Å². The lowest BCUT2D eigenvalue weighted by Gasteiger charge is -2.01. The number of hydrogen-bond acceptors (Lipinski definition) is 4. The van der Waals surface area contributed by atoms with Crippen molar-refractivity contribution in [1.82, 2.24) is 5.32 Å². The Kier molecular flexibility index (Phi) is 6.00. The maximum Gasteiger partial charge on any atom is 0.325 e. The fraction of sp³-hybridized carbons (Fsp3) is 0.714. The highest BCUT2D eigenvalue weighted by atomic mass is 16.5. The zero-order valence-electron chi connectivity index (χ0n) is 7.13. The first kappa shape index (κ1) is 10.9. The second-order valence-electron chi connectivity index (χ2n) is 2.25. The number of methoxy groups -OCH3 is 1. The number of rotatable bonds is 5. The highest BCUT2D eigenvalue weighted by molar-refractivity contribution is 5.81. The van der Waals surface area contributed by atoms with Gasteiger partial charge >= 0.3 is 5.97 Å². The Balaban J connectivity index is 3.37. The Bertz CT molecular complexity index is 159. The van der Waals surface area contributed by atoms with Gasteiger partial charge in [0.15, 0.2) is 0 Å². The minimum Gasteiger partial charge on any atom is -0.468 e. The molecular formula is C7H14N2O3. The summed E-state index contributed by atoms with van der Waals surface area (Å²) >= 11 is 0. The molecule has 0 rings (SSSR count). The Labute approximate surface area is 71.3 Å². The summed E-state index contributed by atoms with van der Waals surface area (Å²) in [5.74, 6) is -0.623. The first-order chi connectivity index (χ1) is 5.70. The van der Waals surface area contributed by atoms with Crippen LogP contribution in [0.1, 0.15) is 12.8 Å². The summed E-state index contributed by atoms with van der Waals surface area (Å²) in [6.45, 7) is 0.408. The summed E-state index contributed by atoms with van der Waals surface area (Å²) in [6, 6.07) is 0. The van der Waals surface area contributed by atoms with Crippen LogP contribution in [-0.4, -0.2) is 32.1 Å². The van der Waals surface area contributed by atoms with E-state index in [9.17, 15) is 9.59 Å². The van der Waals surface area contributed by atoms with Crippen molar-refractivity contribution in [1.29, 1.82) is 0 Å². The van der Waals surface area contributed by atoms with Crippen molar-refractivity contribution in [2.75, 3.05) is 20.2 Å². The van der Waals surface area contributed by atoms with E-state index in [2.05, 4.69) is 10.1 Å². The van der Waals surface area contributed by atoms with E-state index in [0.29, 0.717) is 19.4 Å². The van der Waals surface area contributed by atoms with Crippen molar-refractivity contribution >= 4 is 11.9 Å². The van der Waals surface area contributed by atoms with Gasteiger partial charge in [-0.2, -0.15) is 0 Å². The summed E-state index contributed by atoms with van der Waals surface area (Å²) in [4.78, 5) is 21.4. The molecule has 0 radical (unpaired) electrons. The third kappa shape index (κ3) is 5.67. The topological polar surface area (TPSA) is 81.4 Å². The van der Waals surface area contributed by atoms with Crippen LogP contribution in [0.2, 0.25) is 0 Å². The first-order valence-electron chi connectivity index (χ1n) is 3.74. The number of esters is 1. The number of hydrogen-bond donors (Lipinski definition) is 2. The van der Waals surface area contributed by atoms with Crippen LogP contribution in [0.5, 0.6) is 0 Å². The summed E-state index contributed by atoms with van der Waals surface area (Å²) in [5.41, 5.74) is 5.19. The van der Waals surface area contributed by atoms with Gasteiger partial charge in [-0.05, 0) is 13.0 Å². The molecule has 0 aromatic heterocycles. The van der Waals surface area contributed by atoms with E-state index < -0.39 is 5.97 Å². The zero-order chi connectivity index (χ0) is 9.40. The molecule has 0 aliphatic rings. The summed E-state index contributed by atoms with van der Waals surface area (Å²) < 4.78 is 4.33. The van der Waals surface area contributed by atoms with E-state index in [0.717, 1.165) is 0 Å². The molecule has 0 spiro atoms. The number of carbonyl (C=O) groups excluding carboxylic acids is 2. The van der Waals surface area contributed by atoms with E-state index in [1.54, 1.807) is 0 Å². The number of nitrogens with one attached hydrogen (secondary N) is 1. The molecule has 0 heterocycles. The minimum atomic E-state index is -0.448. The SMILES string of the molecule is COC(=O)CNC(=O)CCCN. The molecule has 0 aliphatic carbocycles. The minimum absolute atomic E-state index is 0.0695. The first-order valence-corrected chi connectivity index (χ1v) is 3.74. The molecule has 0 fully saturated rings. The molecule has 0 saturated heterocycles. The van der Waals surface area contributed by atoms with E-state index in [4.69, 9.17) is 5.73 Å². The summed E-state index contributed by atoms with van der Waals surface area (Å²) in [5, 5.41) is 2.40. The quantitative estimate of drug-likeness (QED) is 0.524. The Morgan fingerprint density at radius 1 is 1.50 bits per heavy atom. The molecule has 0 saturated carbocycles. The zero-order valence-corrected chi connectivity index (χ0v) is 7.13. The fourth-order valence-electron chi connectivity index (χ4n) is 0.594. The predicted octanol–water partition coefficient (Wildman–Crippen LogP) is -0.985. The second-order valence-corrected chi connectivity index (χ2v) is 2.25. The third-order valence-corrected chi connectivity index (χ3v) is 1.27. The van der Waals surface area contributed by atoms with Gasteiger partial charge in [0.1, 0.15) is 6.54 Å². The van der Waals surface area contributed by atoms with E-state index in [-0.39, 0.29) is 12.5 Å². The van der Waals surface area contributed by atoms with Crippen LogP contribution in [0.15, 0.2) is 0 Å². The van der Waals surface area contributed by atoms with Gasteiger partial charge in [0, 0.05) is 6.42 Å². The van der Waals surface area contributed by atoms with Gasteiger partial charge < -0.3 is 15.8 Å². The molecular weight excluding hydrogens is 160 g/mol. The standard InChI is InChI=1S/C7H14N2O3/c1-12-7(11)5-9-6(10)3-2-4-8/h2-5,8H2,1H3,(H,9,10). The van der Waals surface area contributed by atoms with Crippen molar-refractivity contribution in [2.24, 2.45) is 5.73 Å². The molecule has 0 atom stereocenters. The molecule has 5 nitrogen and oxygen atoms in total. The second kappa shape index (κ2) is 6.60. The molecule has 0 aromatic carbocycles. The van der Waals surface area contributed by atoms with Gasteiger partial charge in [-0.3, -0.25) is 9.59 Å². The normalized spacial score (nSPS) is 9.17. The number of ether oxygens (including phenoxy) is 1. The molecule has 0 aromatic rings. The van der Waals surface area contributed by atoms with Crippen LogP contribution in [0.4, 0.5) is 0 Å². The third-order valence-electron chi connectivity index (χ3n) is 1.27. The van der Waals surface area contributed by atoms with Crippen LogP contribution >= 0.6 is 0 Å². The molecule has 70 valence electrons. The monoisotopic (exact) mass is 174 g/mol. The van der Waals surface area contributed by atoms with Crippen LogP contribution in [0.25, 0.3) is 0 Å². The Morgan fingerprint density at radius 2 is 2.17 bits per heavy atom. The number of amides is 1.